The minimum Gasteiger partial charge on any atom is -0.461 e. The van der Waals surface area contributed by atoms with E-state index in [9.17, 15) is 14.7 Å². The van der Waals surface area contributed by atoms with E-state index in [1.165, 1.54) is 11.8 Å². The number of piperazine rings is 1. The van der Waals surface area contributed by atoms with Crippen LogP contribution >= 0.6 is 0 Å². The zero-order valence-electron chi connectivity index (χ0n) is 18.3. The Hall–Kier alpha value is -2.12. The first-order valence-corrected chi connectivity index (χ1v) is 11.5. The van der Waals surface area contributed by atoms with Gasteiger partial charge in [0.15, 0.2) is 5.76 Å². The quantitative estimate of drug-likeness (QED) is 0.588. The molecule has 3 fully saturated rings. The average Bonchev–Trinajstić information content (AvgIpc) is 3.39. The zero-order chi connectivity index (χ0) is 21.8. The predicted octanol–water partition coefficient (Wildman–Crippen LogP) is 2.32. The molecule has 6 atom stereocenters. The minimum absolute atomic E-state index is 0.0915. The van der Waals surface area contributed by atoms with Crippen molar-refractivity contribution in [3.8, 4) is 0 Å². The van der Waals surface area contributed by atoms with Gasteiger partial charge in [0.25, 0.3) is 5.91 Å². The maximum atomic E-state index is 12.8. The molecule has 7 nitrogen and oxygen atoms in total. The summed E-state index contributed by atoms with van der Waals surface area (Å²) in [5, 5.41) is 11.5. The van der Waals surface area contributed by atoms with Gasteiger partial charge in [0, 0.05) is 50.5 Å². The lowest BCUT2D eigenvalue weighted by Gasteiger charge is -2.52. The number of nitrogens with zero attached hydrogens (tertiary/aromatic N) is 2. The fraction of sp³-hybridized carbons (Fsp3) is 0.667. The number of carbonyl (C=O) groups is 2. The normalized spacial score (nSPS) is 38.3. The number of furan rings is 1. The van der Waals surface area contributed by atoms with Gasteiger partial charge >= 0.3 is 5.97 Å². The Morgan fingerprint density at radius 3 is 2.77 bits per heavy atom. The highest BCUT2D eigenvalue weighted by Gasteiger charge is 2.59. The molecule has 4 aliphatic rings. The Kier molecular flexibility index (Phi) is 5.21. The second-order valence-corrected chi connectivity index (χ2v) is 9.87. The summed E-state index contributed by atoms with van der Waals surface area (Å²) < 4.78 is 11.0. The van der Waals surface area contributed by atoms with E-state index >= 15 is 0 Å². The molecule has 1 aromatic heterocycles. The van der Waals surface area contributed by atoms with Crippen molar-refractivity contribution < 1.29 is 23.8 Å². The molecule has 1 aromatic rings. The molecule has 1 saturated carbocycles. The lowest BCUT2D eigenvalue weighted by Crippen LogP contribution is -2.55. The van der Waals surface area contributed by atoms with E-state index in [2.05, 4.69) is 24.8 Å². The van der Waals surface area contributed by atoms with E-state index in [1.54, 1.807) is 17.0 Å². The molecule has 5 rings (SSSR count). The van der Waals surface area contributed by atoms with Gasteiger partial charge < -0.3 is 19.2 Å². The second kappa shape index (κ2) is 7.78. The highest BCUT2D eigenvalue weighted by Crippen LogP contribution is 2.56. The topological polar surface area (TPSA) is 83.2 Å². The first-order chi connectivity index (χ1) is 14.9. The van der Waals surface area contributed by atoms with Crippen LogP contribution in [0.5, 0.6) is 0 Å². The molecule has 0 bridgehead atoms. The van der Waals surface area contributed by atoms with Crippen LogP contribution in [0, 0.1) is 23.2 Å². The van der Waals surface area contributed by atoms with Gasteiger partial charge in [-0.1, -0.05) is 25.5 Å². The van der Waals surface area contributed by atoms with Crippen LogP contribution in [0.3, 0.4) is 0 Å². The number of fused-ring (bicyclic) bond motifs is 2. The third-order valence-electron chi connectivity index (χ3n) is 8.42. The van der Waals surface area contributed by atoms with Gasteiger partial charge in [0.05, 0.1) is 18.3 Å². The van der Waals surface area contributed by atoms with Gasteiger partial charge in [-0.3, -0.25) is 14.5 Å². The summed E-state index contributed by atoms with van der Waals surface area (Å²) in [4.78, 5) is 29.3. The predicted molar refractivity (Wildman–Crippen MR) is 113 cm³/mol. The summed E-state index contributed by atoms with van der Waals surface area (Å²) in [6.07, 6.45) is 5.82. The molecule has 0 unspecified atom stereocenters. The monoisotopic (exact) mass is 428 g/mol. The van der Waals surface area contributed by atoms with Crippen molar-refractivity contribution in [3.05, 3.63) is 35.8 Å². The molecule has 2 aliphatic carbocycles. The molecule has 0 aromatic carbocycles. The van der Waals surface area contributed by atoms with Crippen molar-refractivity contribution in [2.24, 2.45) is 23.2 Å². The molecule has 0 spiro atoms. The molecule has 7 heteroatoms. The van der Waals surface area contributed by atoms with Gasteiger partial charge in [0.2, 0.25) is 0 Å². The molecule has 31 heavy (non-hydrogen) atoms. The van der Waals surface area contributed by atoms with Crippen molar-refractivity contribution >= 4 is 11.9 Å². The smallest absolute Gasteiger partial charge is 0.311 e. The van der Waals surface area contributed by atoms with E-state index in [4.69, 9.17) is 9.15 Å². The molecule has 168 valence electrons. The lowest BCUT2D eigenvalue weighted by atomic mass is 9.55. The maximum Gasteiger partial charge on any atom is 0.311 e. The van der Waals surface area contributed by atoms with Gasteiger partial charge in [-0.2, -0.15) is 0 Å². The van der Waals surface area contributed by atoms with Gasteiger partial charge in [-0.05, 0) is 30.9 Å². The standard InChI is InChI=1S/C24H32N2O5/c1-15-5-3-6-16-13-19-20(21(27)24(15,16)2)17(23(29)31-19)14-25-8-10-26(11-9-25)22(28)18-7-4-12-30-18/h4,6-7,12,15,17,19-21,27H,3,5,8-11,13-14H2,1-2H3/t15-,17+,19-,20-,21-,24-/m1/s1. The van der Waals surface area contributed by atoms with Crippen molar-refractivity contribution in [2.45, 2.75) is 45.3 Å². The number of carbonyl (C=O) groups excluding carboxylic acids is 2. The van der Waals surface area contributed by atoms with E-state index in [0.29, 0.717) is 44.4 Å². The van der Waals surface area contributed by atoms with Crippen LogP contribution in [0.2, 0.25) is 0 Å². The molecular formula is C24H32N2O5. The van der Waals surface area contributed by atoms with E-state index < -0.39 is 6.10 Å². The van der Waals surface area contributed by atoms with E-state index in [0.717, 1.165) is 19.3 Å². The maximum absolute atomic E-state index is 12.8. The van der Waals surface area contributed by atoms with Crippen LogP contribution in [0.15, 0.2) is 34.5 Å². The van der Waals surface area contributed by atoms with Crippen LogP contribution in [-0.2, 0) is 9.53 Å². The molecule has 1 amide bonds. The third-order valence-corrected chi connectivity index (χ3v) is 8.42. The van der Waals surface area contributed by atoms with E-state index in [1.807, 2.05) is 0 Å². The summed E-state index contributed by atoms with van der Waals surface area (Å²) in [5.74, 6) is -0.0154. The summed E-state index contributed by atoms with van der Waals surface area (Å²) in [6.45, 7) is 7.55. The van der Waals surface area contributed by atoms with Crippen LogP contribution in [0.4, 0.5) is 0 Å². The van der Waals surface area contributed by atoms with Gasteiger partial charge in [-0.25, -0.2) is 0 Å². The lowest BCUT2D eigenvalue weighted by molar-refractivity contribution is -0.145. The zero-order valence-corrected chi connectivity index (χ0v) is 18.3. The van der Waals surface area contributed by atoms with Crippen LogP contribution in [0.1, 0.15) is 43.7 Å². The first-order valence-electron chi connectivity index (χ1n) is 11.5. The highest BCUT2D eigenvalue weighted by molar-refractivity contribution is 5.91. The Balaban J connectivity index is 1.26. The molecule has 2 saturated heterocycles. The number of esters is 1. The number of amides is 1. The largest absolute Gasteiger partial charge is 0.461 e. The Labute approximate surface area is 183 Å². The summed E-state index contributed by atoms with van der Waals surface area (Å²) in [7, 11) is 0. The Bertz CT molecular complexity index is 873. The molecular weight excluding hydrogens is 396 g/mol. The number of rotatable bonds is 3. The number of allylic oxidation sites excluding steroid dienone is 1. The van der Waals surface area contributed by atoms with Crippen molar-refractivity contribution in [1.29, 1.82) is 0 Å². The number of hydrogen-bond acceptors (Lipinski definition) is 6. The third kappa shape index (κ3) is 3.33. The number of ether oxygens (including phenoxy) is 1. The highest BCUT2D eigenvalue weighted by atomic mass is 16.6. The molecule has 1 N–H and O–H groups in total. The van der Waals surface area contributed by atoms with Crippen LogP contribution in [0.25, 0.3) is 0 Å². The minimum atomic E-state index is -0.578. The molecule has 0 radical (unpaired) electrons. The number of hydrogen-bond donors (Lipinski definition) is 1. The van der Waals surface area contributed by atoms with Crippen molar-refractivity contribution in [1.82, 2.24) is 9.80 Å². The van der Waals surface area contributed by atoms with Gasteiger partial charge in [0.1, 0.15) is 6.10 Å². The fourth-order valence-electron chi connectivity index (χ4n) is 6.24. The second-order valence-electron chi connectivity index (χ2n) is 9.87. The average molecular weight is 429 g/mol. The van der Waals surface area contributed by atoms with Crippen LogP contribution in [-0.4, -0.2) is 71.7 Å². The Morgan fingerprint density at radius 2 is 2.06 bits per heavy atom. The summed E-state index contributed by atoms with van der Waals surface area (Å²) in [5.41, 5.74) is 0.985. The van der Waals surface area contributed by atoms with Crippen molar-refractivity contribution in [3.63, 3.8) is 0 Å². The Morgan fingerprint density at radius 1 is 1.29 bits per heavy atom. The van der Waals surface area contributed by atoms with Crippen molar-refractivity contribution in [2.75, 3.05) is 32.7 Å². The summed E-state index contributed by atoms with van der Waals surface area (Å²) in [6, 6.07) is 3.40. The number of aliphatic hydroxyl groups is 1. The molecule has 3 heterocycles. The first kappa shape index (κ1) is 20.8. The fourth-order valence-corrected chi connectivity index (χ4v) is 6.24. The van der Waals surface area contributed by atoms with Crippen LogP contribution < -0.4 is 0 Å². The van der Waals surface area contributed by atoms with E-state index in [-0.39, 0.29) is 35.2 Å². The SMILES string of the molecule is C[C@@H]1CCC=C2C[C@H]3OC(=O)[C@@H](CN4CCN(C(=O)c5ccco5)CC4)[C@H]3[C@@H](O)[C@@]21C. The van der Waals surface area contributed by atoms with Gasteiger partial charge in [-0.15, -0.1) is 0 Å². The number of aliphatic hydroxyl groups excluding tert-OH is 1. The summed E-state index contributed by atoms with van der Waals surface area (Å²) >= 11 is 0. The molecule has 2 aliphatic heterocycles.